The molecular formula is C13H20N4O2. The number of rotatable bonds is 4. The Labute approximate surface area is 112 Å². The minimum Gasteiger partial charge on any atom is -0.364 e. The fraction of sp³-hybridized carbons (Fsp3) is 0.538. The van der Waals surface area contributed by atoms with Gasteiger partial charge < -0.3 is 20.7 Å². The molecule has 1 aliphatic heterocycles. The first kappa shape index (κ1) is 13.8. The van der Waals surface area contributed by atoms with Gasteiger partial charge in [0.2, 0.25) is 0 Å². The van der Waals surface area contributed by atoms with E-state index in [0.717, 1.165) is 12.2 Å². The van der Waals surface area contributed by atoms with E-state index >= 15 is 0 Å². The summed E-state index contributed by atoms with van der Waals surface area (Å²) in [5.74, 6) is 0.594. The van der Waals surface area contributed by atoms with Crippen molar-refractivity contribution in [3.05, 3.63) is 18.3 Å². The highest BCUT2D eigenvalue weighted by Crippen LogP contribution is 2.24. The van der Waals surface area contributed by atoms with Gasteiger partial charge in [0.1, 0.15) is 6.10 Å². The molecule has 0 saturated carbocycles. The van der Waals surface area contributed by atoms with Gasteiger partial charge in [-0.15, -0.1) is 0 Å². The summed E-state index contributed by atoms with van der Waals surface area (Å²) in [6.45, 7) is 0.458. The molecule has 0 aromatic carbocycles. The number of aromatic nitrogens is 1. The normalized spacial score (nSPS) is 22.3. The third-order valence-corrected chi connectivity index (χ3v) is 3.13. The predicted molar refractivity (Wildman–Crippen MR) is 74.1 cm³/mol. The molecule has 19 heavy (non-hydrogen) atoms. The molecule has 0 aliphatic carbocycles. The molecular weight excluding hydrogens is 244 g/mol. The zero-order valence-corrected chi connectivity index (χ0v) is 11.3. The Hall–Kier alpha value is -1.66. The number of hydrogen-bond acceptors (Lipinski definition) is 5. The minimum absolute atomic E-state index is 0.00188. The number of pyridine rings is 1. The van der Waals surface area contributed by atoms with E-state index in [-0.39, 0.29) is 12.0 Å². The number of carbonyl (C=O) groups is 1. The molecule has 1 saturated heterocycles. The molecule has 3 N–H and O–H groups in total. The van der Waals surface area contributed by atoms with Crippen molar-refractivity contribution >= 4 is 17.4 Å². The standard InChI is InChI=1S/C13H20N4O2/c1-17(2)12-10(4-3-7-15-12)16-13(18)11-6-5-9(8-14)19-11/h3-4,7,9,11H,5-6,8,14H2,1-2H3,(H,16,18). The number of amides is 1. The molecule has 2 atom stereocenters. The van der Waals surface area contributed by atoms with Crippen LogP contribution in [0.15, 0.2) is 18.3 Å². The van der Waals surface area contributed by atoms with E-state index in [1.54, 1.807) is 12.3 Å². The number of carbonyl (C=O) groups excluding carboxylic acids is 1. The Morgan fingerprint density at radius 2 is 2.37 bits per heavy atom. The van der Waals surface area contributed by atoms with Crippen LogP contribution in [0.5, 0.6) is 0 Å². The van der Waals surface area contributed by atoms with Crippen LogP contribution < -0.4 is 16.0 Å². The molecule has 6 nitrogen and oxygen atoms in total. The Balaban J connectivity index is 2.03. The average molecular weight is 264 g/mol. The molecule has 0 bridgehead atoms. The largest absolute Gasteiger partial charge is 0.364 e. The lowest BCUT2D eigenvalue weighted by atomic mass is 10.2. The van der Waals surface area contributed by atoms with Crippen LogP contribution in [0.1, 0.15) is 12.8 Å². The minimum atomic E-state index is -0.413. The van der Waals surface area contributed by atoms with Crippen LogP contribution in [0, 0.1) is 0 Å². The van der Waals surface area contributed by atoms with Crippen LogP contribution in [-0.2, 0) is 9.53 Å². The second-order valence-corrected chi connectivity index (χ2v) is 4.82. The van der Waals surface area contributed by atoms with Crippen LogP contribution in [-0.4, -0.2) is 43.7 Å². The molecule has 1 aromatic heterocycles. The Kier molecular flexibility index (Phi) is 4.34. The van der Waals surface area contributed by atoms with E-state index in [4.69, 9.17) is 10.5 Å². The molecule has 6 heteroatoms. The highest BCUT2D eigenvalue weighted by atomic mass is 16.5. The highest BCUT2D eigenvalue weighted by molar-refractivity contribution is 5.96. The molecule has 0 radical (unpaired) electrons. The van der Waals surface area contributed by atoms with Crippen molar-refractivity contribution in [2.75, 3.05) is 30.9 Å². The molecule has 104 valence electrons. The lowest BCUT2D eigenvalue weighted by Crippen LogP contribution is -2.30. The molecule has 1 aliphatic rings. The van der Waals surface area contributed by atoms with Crippen LogP contribution >= 0.6 is 0 Å². The molecule has 1 aromatic rings. The molecule has 2 unspecified atom stereocenters. The summed E-state index contributed by atoms with van der Waals surface area (Å²) in [6, 6.07) is 3.62. The van der Waals surface area contributed by atoms with E-state index in [1.165, 1.54) is 0 Å². The van der Waals surface area contributed by atoms with E-state index in [9.17, 15) is 4.79 Å². The van der Waals surface area contributed by atoms with Crippen molar-refractivity contribution in [2.24, 2.45) is 5.73 Å². The Bertz CT molecular complexity index is 450. The summed E-state index contributed by atoms with van der Waals surface area (Å²) >= 11 is 0. The molecule has 1 amide bonds. The lowest BCUT2D eigenvalue weighted by Gasteiger charge is -2.18. The smallest absolute Gasteiger partial charge is 0.253 e. The van der Waals surface area contributed by atoms with Gasteiger partial charge in [0.15, 0.2) is 5.82 Å². The van der Waals surface area contributed by atoms with Gasteiger partial charge in [0.05, 0.1) is 11.8 Å². The van der Waals surface area contributed by atoms with Gasteiger partial charge in [-0.25, -0.2) is 4.98 Å². The summed E-state index contributed by atoms with van der Waals surface area (Å²) < 4.78 is 5.57. The van der Waals surface area contributed by atoms with Gasteiger partial charge in [-0.3, -0.25) is 4.79 Å². The molecule has 0 spiro atoms. The van der Waals surface area contributed by atoms with Crippen LogP contribution in [0.4, 0.5) is 11.5 Å². The maximum absolute atomic E-state index is 12.1. The highest BCUT2D eigenvalue weighted by Gasteiger charge is 2.30. The van der Waals surface area contributed by atoms with Crippen LogP contribution in [0.25, 0.3) is 0 Å². The fourth-order valence-corrected chi connectivity index (χ4v) is 2.14. The zero-order chi connectivity index (χ0) is 13.8. The predicted octanol–water partition coefficient (Wildman–Crippen LogP) is 0.592. The molecule has 1 fully saturated rings. The first-order chi connectivity index (χ1) is 9.11. The van der Waals surface area contributed by atoms with Crippen molar-refractivity contribution in [2.45, 2.75) is 25.0 Å². The Morgan fingerprint density at radius 1 is 1.58 bits per heavy atom. The van der Waals surface area contributed by atoms with Gasteiger partial charge in [0.25, 0.3) is 5.91 Å². The SMILES string of the molecule is CN(C)c1ncccc1NC(=O)C1CCC(CN)O1. The van der Waals surface area contributed by atoms with Gasteiger partial charge in [-0.2, -0.15) is 0 Å². The monoisotopic (exact) mass is 264 g/mol. The number of ether oxygens (including phenoxy) is 1. The van der Waals surface area contributed by atoms with Gasteiger partial charge >= 0.3 is 0 Å². The quantitative estimate of drug-likeness (QED) is 0.832. The summed E-state index contributed by atoms with van der Waals surface area (Å²) in [4.78, 5) is 18.2. The number of nitrogens with two attached hydrogens (primary N) is 1. The first-order valence-corrected chi connectivity index (χ1v) is 6.40. The summed E-state index contributed by atoms with van der Waals surface area (Å²) in [5.41, 5.74) is 6.23. The van der Waals surface area contributed by atoms with E-state index in [2.05, 4.69) is 10.3 Å². The van der Waals surface area contributed by atoms with E-state index in [0.29, 0.717) is 18.7 Å². The van der Waals surface area contributed by atoms with Crippen LogP contribution in [0.3, 0.4) is 0 Å². The topological polar surface area (TPSA) is 80.5 Å². The van der Waals surface area contributed by atoms with E-state index < -0.39 is 6.10 Å². The number of anilines is 2. The van der Waals surface area contributed by atoms with Crippen molar-refractivity contribution in [1.29, 1.82) is 0 Å². The maximum Gasteiger partial charge on any atom is 0.253 e. The van der Waals surface area contributed by atoms with Gasteiger partial charge in [0, 0.05) is 26.8 Å². The molecule has 2 rings (SSSR count). The number of nitrogens with one attached hydrogen (secondary N) is 1. The van der Waals surface area contributed by atoms with Crippen molar-refractivity contribution in [3.63, 3.8) is 0 Å². The summed E-state index contributed by atoms with van der Waals surface area (Å²) in [6.07, 6.45) is 2.83. The van der Waals surface area contributed by atoms with Gasteiger partial charge in [-0.1, -0.05) is 0 Å². The fourth-order valence-electron chi connectivity index (χ4n) is 2.14. The molecule has 2 heterocycles. The first-order valence-electron chi connectivity index (χ1n) is 6.40. The van der Waals surface area contributed by atoms with Gasteiger partial charge in [-0.05, 0) is 25.0 Å². The average Bonchev–Trinajstić information content (AvgIpc) is 2.88. The second kappa shape index (κ2) is 5.99. The van der Waals surface area contributed by atoms with Crippen molar-refractivity contribution in [1.82, 2.24) is 4.98 Å². The van der Waals surface area contributed by atoms with Crippen molar-refractivity contribution in [3.8, 4) is 0 Å². The van der Waals surface area contributed by atoms with E-state index in [1.807, 2.05) is 25.1 Å². The number of nitrogens with zero attached hydrogens (tertiary/aromatic N) is 2. The van der Waals surface area contributed by atoms with Crippen LogP contribution in [0.2, 0.25) is 0 Å². The number of hydrogen-bond donors (Lipinski definition) is 2. The lowest BCUT2D eigenvalue weighted by molar-refractivity contribution is -0.126. The maximum atomic E-state index is 12.1. The summed E-state index contributed by atoms with van der Waals surface area (Å²) in [5, 5.41) is 2.87. The third-order valence-electron chi connectivity index (χ3n) is 3.13. The zero-order valence-electron chi connectivity index (χ0n) is 11.3. The van der Waals surface area contributed by atoms with Crippen molar-refractivity contribution < 1.29 is 9.53 Å². The second-order valence-electron chi connectivity index (χ2n) is 4.82. The summed E-state index contributed by atoms with van der Waals surface area (Å²) in [7, 11) is 3.77. The Morgan fingerprint density at radius 3 is 3.00 bits per heavy atom. The third kappa shape index (κ3) is 3.21.